The maximum absolute atomic E-state index is 9.88. The lowest BCUT2D eigenvalue weighted by molar-refractivity contribution is 0.0539. The molecule has 3 fully saturated rings. The first-order valence-corrected chi connectivity index (χ1v) is 13.1. The van der Waals surface area contributed by atoms with Crippen molar-refractivity contribution in [2.75, 3.05) is 32.8 Å². The average Bonchev–Trinajstić information content (AvgIpc) is 3.49. The van der Waals surface area contributed by atoms with Gasteiger partial charge in [0.25, 0.3) is 0 Å². The van der Waals surface area contributed by atoms with Crippen LogP contribution in [-0.4, -0.2) is 65.9 Å². The lowest BCUT2D eigenvalue weighted by Crippen LogP contribution is -2.43. The Morgan fingerprint density at radius 2 is 1.84 bits per heavy atom. The second-order valence-corrected chi connectivity index (χ2v) is 10.5. The molecule has 0 aromatic heterocycles. The minimum Gasteiger partial charge on any atom is -0.491 e. The lowest BCUT2D eigenvalue weighted by atomic mass is 9.94. The Kier molecular flexibility index (Phi) is 8.87. The first-order chi connectivity index (χ1) is 15.6. The van der Waals surface area contributed by atoms with Crippen LogP contribution in [0.1, 0.15) is 76.3 Å². The largest absolute Gasteiger partial charge is 0.491 e. The van der Waals surface area contributed by atoms with Gasteiger partial charge in [-0.25, -0.2) is 0 Å². The van der Waals surface area contributed by atoms with Gasteiger partial charge in [0.1, 0.15) is 5.75 Å². The van der Waals surface area contributed by atoms with Crippen LogP contribution in [-0.2, 0) is 17.9 Å². The highest BCUT2D eigenvalue weighted by atomic mass is 16.5. The van der Waals surface area contributed by atoms with Gasteiger partial charge in [-0.3, -0.25) is 4.90 Å². The summed E-state index contributed by atoms with van der Waals surface area (Å²) in [6.07, 6.45) is 11.2. The third-order valence-corrected chi connectivity index (χ3v) is 7.56. The molecule has 1 saturated carbocycles. The molecule has 5 heteroatoms. The molecule has 1 aromatic rings. The van der Waals surface area contributed by atoms with E-state index >= 15 is 0 Å². The molecule has 2 saturated heterocycles. The van der Waals surface area contributed by atoms with Crippen LogP contribution < -0.4 is 4.74 Å². The van der Waals surface area contributed by atoms with Crippen LogP contribution in [0.3, 0.4) is 0 Å². The van der Waals surface area contributed by atoms with Crippen LogP contribution in [0.5, 0.6) is 5.75 Å². The van der Waals surface area contributed by atoms with Gasteiger partial charge in [-0.15, -0.1) is 0 Å². The molecule has 32 heavy (non-hydrogen) atoms. The number of aliphatic hydroxyl groups excluding tert-OH is 1. The van der Waals surface area contributed by atoms with Crippen LogP contribution >= 0.6 is 0 Å². The quantitative estimate of drug-likeness (QED) is 0.571. The van der Waals surface area contributed by atoms with E-state index in [4.69, 9.17) is 9.47 Å². The fourth-order valence-electron chi connectivity index (χ4n) is 5.90. The first kappa shape index (κ1) is 24.0. The first-order valence-electron chi connectivity index (χ1n) is 13.1. The van der Waals surface area contributed by atoms with Gasteiger partial charge in [-0.1, -0.05) is 18.9 Å². The molecule has 1 N–H and O–H groups in total. The lowest BCUT2D eigenvalue weighted by Gasteiger charge is -2.38. The maximum Gasteiger partial charge on any atom is 0.125 e. The zero-order chi connectivity index (χ0) is 22.3. The molecular formula is C27H44N2O3. The maximum atomic E-state index is 9.88. The molecule has 1 atom stereocenters. The third-order valence-electron chi connectivity index (χ3n) is 7.56. The molecular weight excluding hydrogens is 400 g/mol. The van der Waals surface area contributed by atoms with Crippen molar-refractivity contribution in [1.82, 2.24) is 9.80 Å². The summed E-state index contributed by atoms with van der Waals surface area (Å²) in [6.45, 7) is 10.6. The Morgan fingerprint density at radius 1 is 1.06 bits per heavy atom. The smallest absolute Gasteiger partial charge is 0.125 e. The Balaban J connectivity index is 1.37. The van der Waals surface area contributed by atoms with Gasteiger partial charge < -0.3 is 19.5 Å². The summed E-state index contributed by atoms with van der Waals surface area (Å²) >= 11 is 0. The van der Waals surface area contributed by atoms with Crippen molar-refractivity contribution in [3.63, 3.8) is 0 Å². The molecule has 0 spiro atoms. The van der Waals surface area contributed by atoms with Gasteiger partial charge in [0.15, 0.2) is 0 Å². The van der Waals surface area contributed by atoms with Gasteiger partial charge >= 0.3 is 0 Å². The molecule has 0 bridgehead atoms. The number of nitrogens with zero attached hydrogens (tertiary/aromatic N) is 2. The number of hydrogen-bond donors (Lipinski definition) is 1. The highest BCUT2D eigenvalue weighted by molar-refractivity contribution is 5.37. The van der Waals surface area contributed by atoms with Gasteiger partial charge in [-0.2, -0.15) is 0 Å². The number of likely N-dealkylation sites (tertiary alicyclic amines) is 1. The molecule has 180 valence electrons. The molecule has 4 rings (SSSR count). The SMILES string of the molecule is CC(C)Oc1ccc(CN(CC2CCN(C3CCCC3)CC2)C[C@H]2CCCO2)cc1CO. The molecule has 0 radical (unpaired) electrons. The van der Waals surface area contributed by atoms with E-state index < -0.39 is 0 Å². The summed E-state index contributed by atoms with van der Waals surface area (Å²) in [4.78, 5) is 5.39. The summed E-state index contributed by atoms with van der Waals surface area (Å²) in [5, 5.41) is 9.88. The fraction of sp³-hybridized carbons (Fsp3) is 0.778. The third kappa shape index (κ3) is 6.69. The molecule has 5 nitrogen and oxygen atoms in total. The van der Waals surface area contributed by atoms with Crippen molar-refractivity contribution >= 4 is 0 Å². The summed E-state index contributed by atoms with van der Waals surface area (Å²) in [6, 6.07) is 7.19. The van der Waals surface area contributed by atoms with Crippen molar-refractivity contribution < 1.29 is 14.6 Å². The zero-order valence-electron chi connectivity index (χ0n) is 20.3. The minimum absolute atomic E-state index is 0.0151. The summed E-state index contributed by atoms with van der Waals surface area (Å²) < 4.78 is 11.9. The van der Waals surface area contributed by atoms with Crippen LogP contribution in [0.2, 0.25) is 0 Å². The van der Waals surface area contributed by atoms with Gasteiger partial charge in [0.2, 0.25) is 0 Å². The van der Waals surface area contributed by atoms with Gasteiger partial charge in [-0.05, 0) is 89.1 Å². The normalized spacial score (nSPS) is 23.6. The minimum atomic E-state index is 0.0151. The number of benzene rings is 1. The molecule has 2 heterocycles. The standard InChI is InChI=1S/C27H44N2O3/c1-21(2)32-27-10-9-23(16-24(27)20-30)18-28(19-26-8-5-15-31-26)17-22-11-13-29(14-12-22)25-6-3-4-7-25/h9-10,16,21-22,25-26,30H,3-8,11-15,17-20H2,1-2H3/t26-/m1/s1. The topological polar surface area (TPSA) is 45.2 Å². The Hall–Kier alpha value is -1.14. The molecule has 0 amide bonds. The summed E-state index contributed by atoms with van der Waals surface area (Å²) in [5.41, 5.74) is 2.14. The van der Waals surface area contributed by atoms with E-state index in [-0.39, 0.29) is 12.7 Å². The van der Waals surface area contributed by atoms with Crippen molar-refractivity contribution in [3.8, 4) is 5.75 Å². The molecule has 1 aliphatic carbocycles. The molecule has 1 aromatic carbocycles. The van der Waals surface area contributed by atoms with E-state index in [1.807, 2.05) is 19.9 Å². The summed E-state index contributed by atoms with van der Waals surface area (Å²) in [5.74, 6) is 1.58. The predicted octanol–water partition coefficient (Wildman–Crippen LogP) is 4.60. The molecule has 3 aliphatic rings. The summed E-state index contributed by atoms with van der Waals surface area (Å²) in [7, 11) is 0. The van der Waals surface area contributed by atoms with E-state index in [1.54, 1.807) is 0 Å². The van der Waals surface area contributed by atoms with E-state index in [9.17, 15) is 5.11 Å². The Bertz CT molecular complexity index is 690. The van der Waals surface area contributed by atoms with Gasteiger partial charge in [0, 0.05) is 37.8 Å². The second-order valence-electron chi connectivity index (χ2n) is 10.5. The van der Waals surface area contributed by atoms with E-state index in [2.05, 4.69) is 21.9 Å². The molecule has 2 aliphatic heterocycles. The average molecular weight is 445 g/mol. The van der Waals surface area contributed by atoms with E-state index in [1.165, 1.54) is 70.0 Å². The van der Waals surface area contributed by atoms with Crippen molar-refractivity contribution in [1.29, 1.82) is 0 Å². The number of ether oxygens (including phenoxy) is 2. The number of rotatable bonds is 10. The monoisotopic (exact) mass is 444 g/mol. The van der Waals surface area contributed by atoms with Crippen molar-refractivity contribution in [2.45, 2.75) is 96.6 Å². The highest BCUT2D eigenvalue weighted by Crippen LogP contribution is 2.29. The van der Waals surface area contributed by atoms with E-state index in [0.717, 1.165) is 49.5 Å². The Labute approximate surface area is 195 Å². The van der Waals surface area contributed by atoms with Crippen LogP contribution in [0.4, 0.5) is 0 Å². The highest BCUT2D eigenvalue weighted by Gasteiger charge is 2.29. The number of piperidine rings is 1. The predicted molar refractivity (Wildman–Crippen MR) is 129 cm³/mol. The number of aliphatic hydroxyl groups is 1. The molecule has 0 unspecified atom stereocenters. The van der Waals surface area contributed by atoms with Crippen LogP contribution in [0, 0.1) is 5.92 Å². The van der Waals surface area contributed by atoms with Crippen molar-refractivity contribution in [2.24, 2.45) is 5.92 Å². The van der Waals surface area contributed by atoms with Gasteiger partial charge in [0.05, 0.1) is 18.8 Å². The Morgan fingerprint density at radius 3 is 2.50 bits per heavy atom. The zero-order valence-corrected chi connectivity index (χ0v) is 20.3. The van der Waals surface area contributed by atoms with Crippen LogP contribution in [0.25, 0.3) is 0 Å². The second kappa shape index (κ2) is 11.8. The van der Waals surface area contributed by atoms with E-state index in [0.29, 0.717) is 6.10 Å². The fourth-order valence-corrected chi connectivity index (χ4v) is 5.90. The number of hydrogen-bond acceptors (Lipinski definition) is 5. The van der Waals surface area contributed by atoms with Crippen LogP contribution in [0.15, 0.2) is 18.2 Å². The van der Waals surface area contributed by atoms with Crippen molar-refractivity contribution in [3.05, 3.63) is 29.3 Å².